The molecule has 3 rings (SSSR count). The van der Waals surface area contributed by atoms with Gasteiger partial charge in [0.1, 0.15) is 18.2 Å². The Hall–Kier alpha value is -2.60. The summed E-state index contributed by atoms with van der Waals surface area (Å²) in [6, 6.07) is 7.74. The molecule has 0 spiro atoms. The largest absolute Gasteiger partial charge is 0.489 e. The number of carboxylic acid groups (broad SMARTS) is 1. The maximum absolute atomic E-state index is 11.2. The molecule has 3 N–H and O–H groups in total. The lowest BCUT2D eigenvalue weighted by Gasteiger charge is -2.07. The first-order chi connectivity index (χ1) is 10.6. The molecule has 5 nitrogen and oxygen atoms in total. The van der Waals surface area contributed by atoms with Crippen molar-refractivity contribution in [2.45, 2.75) is 13.5 Å². The first-order valence-corrected chi connectivity index (χ1v) is 7.51. The van der Waals surface area contributed by atoms with E-state index in [2.05, 4.69) is 4.98 Å². The number of carbonyl (C=O) groups is 1. The standard InChI is InChI=1S/C16H14N2O3S/c1-9-3-2-4-11(5-9)21-7-10-8-22-14-12(16(19)20)6-18-15(17)13(10)14/h2-6,8H,7H2,1H3,(H2,17,18)(H,19,20). The van der Waals surface area contributed by atoms with Gasteiger partial charge in [-0.25, -0.2) is 9.78 Å². The molecule has 0 saturated heterocycles. The van der Waals surface area contributed by atoms with Crippen LogP contribution in [0.25, 0.3) is 10.1 Å². The predicted molar refractivity (Wildman–Crippen MR) is 86.5 cm³/mol. The quantitative estimate of drug-likeness (QED) is 0.770. The van der Waals surface area contributed by atoms with Crippen LogP contribution in [-0.2, 0) is 6.61 Å². The number of hydrogen-bond acceptors (Lipinski definition) is 5. The number of thiophene rings is 1. The molecule has 0 radical (unpaired) electrons. The van der Waals surface area contributed by atoms with E-state index in [9.17, 15) is 9.90 Å². The Kier molecular flexibility index (Phi) is 3.68. The summed E-state index contributed by atoms with van der Waals surface area (Å²) >= 11 is 1.34. The second-order valence-corrected chi connectivity index (χ2v) is 5.81. The summed E-state index contributed by atoms with van der Waals surface area (Å²) in [5.41, 5.74) is 8.03. The van der Waals surface area contributed by atoms with Crippen molar-refractivity contribution in [3.63, 3.8) is 0 Å². The average Bonchev–Trinajstić information content (AvgIpc) is 2.90. The lowest BCUT2D eigenvalue weighted by Crippen LogP contribution is -2.02. The predicted octanol–water partition coefficient (Wildman–Crippen LogP) is 3.46. The lowest BCUT2D eigenvalue weighted by atomic mass is 10.1. The number of nitrogens with two attached hydrogens (primary N) is 1. The molecule has 2 heterocycles. The molecule has 0 saturated carbocycles. The van der Waals surface area contributed by atoms with Crippen molar-refractivity contribution in [2.75, 3.05) is 5.73 Å². The Balaban J connectivity index is 1.95. The molecule has 1 aromatic carbocycles. The summed E-state index contributed by atoms with van der Waals surface area (Å²) < 4.78 is 6.40. The van der Waals surface area contributed by atoms with E-state index in [4.69, 9.17) is 10.5 Å². The van der Waals surface area contributed by atoms with Crippen LogP contribution < -0.4 is 10.5 Å². The van der Waals surface area contributed by atoms with Gasteiger partial charge >= 0.3 is 5.97 Å². The summed E-state index contributed by atoms with van der Waals surface area (Å²) in [6.45, 7) is 2.31. The van der Waals surface area contributed by atoms with Gasteiger partial charge in [0.05, 0.1) is 10.3 Å². The molecule has 2 aromatic heterocycles. The number of nitrogen functional groups attached to an aromatic ring is 1. The number of fused-ring (bicyclic) bond motifs is 1. The van der Waals surface area contributed by atoms with Crippen LogP contribution in [0, 0.1) is 6.92 Å². The Morgan fingerprint density at radius 3 is 3.00 bits per heavy atom. The average molecular weight is 314 g/mol. The van der Waals surface area contributed by atoms with Gasteiger partial charge in [0, 0.05) is 17.1 Å². The second-order valence-electron chi connectivity index (χ2n) is 4.93. The number of benzene rings is 1. The van der Waals surface area contributed by atoms with Crippen LogP contribution >= 0.6 is 11.3 Å². The molecular formula is C16H14N2O3S. The summed E-state index contributed by atoms with van der Waals surface area (Å²) in [4.78, 5) is 15.2. The molecule has 0 bridgehead atoms. The third kappa shape index (κ3) is 2.60. The van der Waals surface area contributed by atoms with Crippen molar-refractivity contribution in [3.8, 4) is 5.75 Å². The fourth-order valence-electron chi connectivity index (χ4n) is 2.25. The molecule has 0 aliphatic carbocycles. The molecule has 0 fully saturated rings. The first kappa shape index (κ1) is 14.3. The zero-order chi connectivity index (χ0) is 15.7. The molecule has 6 heteroatoms. The van der Waals surface area contributed by atoms with Gasteiger partial charge in [-0.05, 0) is 30.0 Å². The number of aryl methyl sites for hydroxylation is 1. The van der Waals surface area contributed by atoms with Crippen LogP contribution in [0.1, 0.15) is 21.5 Å². The summed E-state index contributed by atoms with van der Waals surface area (Å²) in [6.07, 6.45) is 1.29. The minimum Gasteiger partial charge on any atom is -0.489 e. The zero-order valence-electron chi connectivity index (χ0n) is 11.9. The molecule has 0 amide bonds. The number of carboxylic acids is 1. The van der Waals surface area contributed by atoms with Crippen molar-refractivity contribution >= 4 is 33.2 Å². The van der Waals surface area contributed by atoms with Crippen molar-refractivity contribution in [1.29, 1.82) is 0 Å². The molecule has 3 aromatic rings. The molecule has 0 aliphatic heterocycles. The van der Waals surface area contributed by atoms with Crippen molar-refractivity contribution in [3.05, 3.63) is 52.5 Å². The minimum absolute atomic E-state index is 0.163. The van der Waals surface area contributed by atoms with Crippen LogP contribution in [0.3, 0.4) is 0 Å². The Bertz CT molecular complexity index is 858. The van der Waals surface area contributed by atoms with Gasteiger partial charge in [-0.15, -0.1) is 11.3 Å². The lowest BCUT2D eigenvalue weighted by molar-refractivity contribution is 0.0699. The maximum atomic E-state index is 11.2. The van der Waals surface area contributed by atoms with Crippen LogP contribution in [0.15, 0.2) is 35.8 Å². The van der Waals surface area contributed by atoms with E-state index in [1.165, 1.54) is 17.5 Å². The fourth-order valence-corrected chi connectivity index (χ4v) is 3.32. The van der Waals surface area contributed by atoms with Gasteiger partial charge in [-0.1, -0.05) is 12.1 Å². The summed E-state index contributed by atoms with van der Waals surface area (Å²) in [7, 11) is 0. The highest BCUT2D eigenvalue weighted by atomic mass is 32.1. The van der Waals surface area contributed by atoms with Gasteiger partial charge < -0.3 is 15.6 Å². The Morgan fingerprint density at radius 1 is 1.45 bits per heavy atom. The van der Waals surface area contributed by atoms with E-state index in [1.807, 2.05) is 36.6 Å². The molecule has 112 valence electrons. The molecule has 0 aliphatic rings. The SMILES string of the molecule is Cc1cccc(OCc2csc3c(C(=O)O)cnc(N)c23)c1. The van der Waals surface area contributed by atoms with Gasteiger partial charge in [-0.3, -0.25) is 0 Å². The van der Waals surface area contributed by atoms with Gasteiger partial charge in [0.2, 0.25) is 0 Å². The number of pyridine rings is 1. The number of anilines is 1. The smallest absolute Gasteiger partial charge is 0.338 e. The van der Waals surface area contributed by atoms with E-state index in [1.54, 1.807) is 0 Å². The maximum Gasteiger partial charge on any atom is 0.338 e. The van der Waals surface area contributed by atoms with Gasteiger partial charge in [0.15, 0.2) is 0 Å². The Morgan fingerprint density at radius 2 is 2.27 bits per heavy atom. The highest BCUT2D eigenvalue weighted by Crippen LogP contribution is 2.33. The first-order valence-electron chi connectivity index (χ1n) is 6.63. The van der Waals surface area contributed by atoms with Crippen LogP contribution in [0.4, 0.5) is 5.82 Å². The summed E-state index contributed by atoms with van der Waals surface area (Å²) in [5, 5.41) is 11.7. The minimum atomic E-state index is -1.01. The third-order valence-corrected chi connectivity index (χ3v) is 4.38. The van der Waals surface area contributed by atoms with Gasteiger partial charge in [-0.2, -0.15) is 0 Å². The number of hydrogen-bond donors (Lipinski definition) is 2. The third-order valence-electron chi connectivity index (χ3n) is 3.31. The van der Waals surface area contributed by atoms with E-state index < -0.39 is 5.97 Å². The van der Waals surface area contributed by atoms with Crippen LogP contribution in [-0.4, -0.2) is 16.1 Å². The van der Waals surface area contributed by atoms with E-state index in [0.29, 0.717) is 22.5 Å². The topological polar surface area (TPSA) is 85.4 Å². The molecule has 0 unspecified atom stereocenters. The normalized spacial score (nSPS) is 10.8. The van der Waals surface area contributed by atoms with E-state index in [-0.39, 0.29) is 5.56 Å². The fraction of sp³-hybridized carbons (Fsp3) is 0.125. The number of nitrogens with zero attached hydrogens (tertiary/aromatic N) is 1. The highest BCUT2D eigenvalue weighted by Gasteiger charge is 2.16. The number of aromatic carboxylic acids is 1. The molecular weight excluding hydrogens is 300 g/mol. The van der Waals surface area contributed by atoms with Crippen LogP contribution in [0.2, 0.25) is 0 Å². The Labute approximate surface area is 131 Å². The van der Waals surface area contributed by atoms with E-state index in [0.717, 1.165) is 16.9 Å². The number of rotatable bonds is 4. The zero-order valence-corrected chi connectivity index (χ0v) is 12.7. The molecule has 0 atom stereocenters. The van der Waals surface area contributed by atoms with Crippen molar-refractivity contribution < 1.29 is 14.6 Å². The number of aromatic nitrogens is 1. The van der Waals surface area contributed by atoms with E-state index >= 15 is 0 Å². The second kappa shape index (κ2) is 5.65. The van der Waals surface area contributed by atoms with Gasteiger partial charge in [0.25, 0.3) is 0 Å². The number of ether oxygens (including phenoxy) is 1. The summed E-state index contributed by atoms with van der Waals surface area (Å²) in [5.74, 6) is 0.0786. The van der Waals surface area contributed by atoms with Crippen molar-refractivity contribution in [1.82, 2.24) is 4.98 Å². The van der Waals surface area contributed by atoms with Crippen LogP contribution in [0.5, 0.6) is 5.75 Å². The molecule has 22 heavy (non-hydrogen) atoms. The van der Waals surface area contributed by atoms with Crippen molar-refractivity contribution in [2.24, 2.45) is 0 Å². The monoisotopic (exact) mass is 314 g/mol. The highest BCUT2D eigenvalue weighted by molar-refractivity contribution is 7.17.